The molecule has 2 saturated heterocycles. The van der Waals surface area contributed by atoms with Gasteiger partial charge in [0.05, 0.1) is 6.10 Å². The zero-order chi connectivity index (χ0) is 13.9. The molecule has 1 N–H and O–H groups in total. The van der Waals surface area contributed by atoms with E-state index >= 15 is 0 Å². The molecular weight excluding hydrogens is 270 g/mol. The lowest BCUT2D eigenvalue weighted by Crippen LogP contribution is -2.51. The summed E-state index contributed by atoms with van der Waals surface area (Å²) in [6.07, 6.45) is 12.1. The van der Waals surface area contributed by atoms with Gasteiger partial charge in [0.15, 0.2) is 0 Å². The van der Waals surface area contributed by atoms with Crippen molar-refractivity contribution < 1.29 is 9.53 Å². The number of ether oxygens (including phenoxy) is 1. The van der Waals surface area contributed by atoms with E-state index in [4.69, 9.17) is 11.2 Å². The molecule has 3 nitrogen and oxygen atoms in total. The van der Waals surface area contributed by atoms with Gasteiger partial charge in [0.25, 0.3) is 0 Å². The quantitative estimate of drug-likeness (QED) is 0.811. The van der Waals surface area contributed by atoms with Crippen molar-refractivity contribution in [2.45, 2.75) is 55.9 Å². The summed E-state index contributed by atoms with van der Waals surface area (Å²) in [5.74, 6) is 5.29. The minimum atomic E-state index is 0.268. The van der Waals surface area contributed by atoms with E-state index in [1.807, 2.05) is 0 Å². The molecule has 0 spiro atoms. The molecule has 20 heavy (non-hydrogen) atoms. The van der Waals surface area contributed by atoms with E-state index in [2.05, 4.69) is 23.0 Å². The Labute approximate surface area is 125 Å². The van der Waals surface area contributed by atoms with Crippen LogP contribution in [0.15, 0.2) is 0 Å². The van der Waals surface area contributed by atoms with Crippen LogP contribution in [-0.2, 0) is 9.53 Å². The highest BCUT2D eigenvalue weighted by molar-refractivity contribution is 8.00. The van der Waals surface area contributed by atoms with Gasteiger partial charge in [-0.15, -0.1) is 6.42 Å². The van der Waals surface area contributed by atoms with Crippen LogP contribution < -0.4 is 5.32 Å². The van der Waals surface area contributed by atoms with Crippen molar-refractivity contribution in [3.63, 3.8) is 0 Å². The summed E-state index contributed by atoms with van der Waals surface area (Å²) in [5, 5.41) is 3.83. The zero-order valence-electron chi connectivity index (χ0n) is 11.8. The number of fused-ring (bicyclic) bond motifs is 1. The third-order valence-electron chi connectivity index (χ3n) is 5.05. The maximum atomic E-state index is 11.9. The second-order valence-corrected chi connectivity index (χ2v) is 7.50. The average molecular weight is 293 g/mol. The second kappa shape index (κ2) is 6.41. The molecule has 0 aromatic rings. The first kappa shape index (κ1) is 14.3. The van der Waals surface area contributed by atoms with Gasteiger partial charge in [0, 0.05) is 17.7 Å². The molecular formula is C16H23NO2S. The van der Waals surface area contributed by atoms with Crippen LogP contribution in [0.4, 0.5) is 0 Å². The van der Waals surface area contributed by atoms with Gasteiger partial charge in [-0.2, -0.15) is 11.8 Å². The van der Waals surface area contributed by atoms with Gasteiger partial charge >= 0.3 is 0 Å². The third-order valence-corrected chi connectivity index (χ3v) is 6.59. The molecule has 4 heteroatoms. The third kappa shape index (κ3) is 2.99. The first-order chi connectivity index (χ1) is 9.78. The van der Waals surface area contributed by atoms with Crippen LogP contribution in [-0.4, -0.2) is 35.7 Å². The van der Waals surface area contributed by atoms with E-state index in [1.165, 1.54) is 18.6 Å². The smallest absolute Gasteiger partial charge is 0.220 e. The first-order valence-electron chi connectivity index (χ1n) is 7.74. The number of amides is 1. The van der Waals surface area contributed by atoms with E-state index in [9.17, 15) is 4.79 Å². The molecule has 0 aromatic heterocycles. The topological polar surface area (TPSA) is 38.3 Å². The van der Waals surface area contributed by atoms with Crippen molar-refractivity contribution in [1.82, 2.24) is 5.32 Å². The number of carbonyl (C=O) groups excluding carboxylic acids is 1. The molecule has 0 bridgehead atoms. The number of carbonyl (C=O) groups is 1. The van der Waals surface area contributed by atoms with Crippen LogP contribution in [0.1, 0.15) is 38.5 Å². The maximum absolute atomic E-state index is 11.9. The molecule has 3 atom stereocenters. The predicted molar refractivity (Wildman–Crippen MR) is 81.4 cm³/mol. The molecule has 1 saturated carbocycles. The highest BCUT2D eigenvalue weighted by atomic mass is 32.2. The zero-order valence-corrected chi connectivity index (χ0v) is 12.7. The summed E-state index contributed by atoms with van der Waals surface area (Å²) in [7, 11) is 0. The van der Waals surface area contributed by atoms with Gasteiger partial charge in [-0.05, 0) is 49.7 Å². The van der Waals surface area contributed by atoms with Crippen LogP contribution in [0, 0.1) is 24.2 Å². The van der Waals surface area contributed by atoms with Crippen molar-refractivity contribution in [2.24, 2.45) is 11.8 Å². The van der Waals surface area contributed by atoms with Crippen molar-refractivity contribution >= 4 is 17.7 Å². The van der Waals surface area contributed by atoms with Crippen molar-refractivity contribution in [3.05, 3.63) is 0 Å². The molecule has 3 rings (SSSR count). The molecule has 110 valence electrons. The van der Waals surface area contributed by atoms with Crippen LogP contribution in [0.2, 0.25) is 0 Å². The number of hydrogen-bond acceptors (Lipinski definition) is 3. The van der Waals surface area contributed by atoms with Gasteiger partial charge in [-0.1, -0.05) is 5.92 Å². The molecule has 3 aliphatic rings. The number of thioether (sulfide) groups is 1. The molecule has 1 amide bonds. The largest absolute Gasteiger partial charge is 0.366 e. The minimum absolute atomic E-state index is 0.268. The number of terminal acetylenes is 1. The summed E-state index contributed by atoms with van der Waals surface area (Å²) in [6.45, 7) is 0.432. The summed E-state index contributed by atoms with van der Waals surface area (Å²) in [6, 6.07) is 0.432. The Morgan fingerprint density at radius 2 is 2.10 bits per heavy atom. The SMILES string of the molecule is C#CCOC1CCC(C2CC(=O)NC3CCSC32)CC1. The second-order valence-electron chi connectivity index (χ2n) is 6.22. The Kier molecular flexibility index (Phi) is 4.58. The van der Waals surface area contributed by atoms with E-state index < -0.39 is 0 Å². The standard InChI is InChI=1S/C16H23NO2S/c1-2-8-19-12-5-3-11(4-6-12)13-10-15(18)17-14-7-9-20-16(13)14/h1,11-14,16H,3-10H2,(H,17,18). The Hall–Kier alpha value is -0.660. The normalized spacial score (nSPS) is 40.8. The minimum Gasteiger partial charge on any atom is -0.366 e. The van der Waals surface area contributed by atoms with E-state index in [0.717, 1.165) is 25.7 Å². The monoisotopic (exact) mass is 293 g/mol. The van der Waals surface area contributed by atoms with E-state index in [1.54, 1.807) is 0 Å². The van der Waals surface area contributed by atoms with E-state index in [-0.39, 0.29) is 5.91 Å². The van der Waals surface area contributed by atoms with Crippen molar-refractivity contribution in [2.75, 3.05) is 12.4 Å². The van der Waals surface area contributed by atoms with Gasteiger partial charge in [0.1, 0.15) is 6.61 Å². The lowest BCUT2D eigenvalue weighted by Gasteiger charge is -2.41. The summed E-state index contributed by atoms with van der Waals surface area (Å²) in [4.78, 5) is 11.9. The van der Waals surface area contributed by atoms with Crippen LogP contribution >= 0.6 is 11.8 Å². The lowest BCUT2D eigenvalue weighted by atomic mass is 9.73. The average Bonchev–Trinajstić information content (AvgIpc) is 2.93. The van der Waals surface area contributed by atoms with Crippen LogP contribution in [0.3, 0.4) is 0 Å². The van der Waals surface area contributed by atoms with E-state index in [0.29, 0.717) is 35.8 Å². The highest BCUT2D eigenvalue weighted by Crippen LogP contribution is 2.44. The fourth-order valence-corrected chi connectivity index (χ4v) is 5.73. The Morgan fingerprint density at radius 1 is 1.30 bits per heavy atom. The molecule has 2 aliphatic heterocycles. The molecule has 3 fully saturated rings. The van der Waals surface area contributed by atoms with Gasteiger partial charge < -0.3 is 10.1 Å². The first-order valence-corrected chi connectivity index (χ1v) is 8.79. The van der Waals surface area contributed by atoms with Gasteiger partial charge in [-0.25, -0.2) is 0 Å². The van der Waals surface area contributed by atoms with Crippen LogP contribution in [0.25, 0.3) is 0 Å². The summed E-state index contributed by atoms with van der Waals surface area (Å²) in [5.41, 5.74) is 0. The predicted octanol–water partition coefficient (Wildman–Crippen LogP) is 2.21. The number of hydrogen-bond donors (Lipinski definition) is 1. The fourth-order valence-electron chi connectivity index (χ4n) is 4.07. The molecule has 3 unspecified atom stereocenters. The Balaban J connectivity index is 1.57. The summed E-state index contributed by atoms with van der Waals surface area (Å²) >= 11 is 2.07. The number of piperidine rings is 1. The highest BCUT2D eigenvalue weighted by Gasteiger charge is 2.44. The Bertz CT molecular complexity index is 398. The number of rotatable bonds is 3. The lowest BCUT2D eigenvalue weighted by molar-refractivity contribution is -0.125. The molecule has 0 aromatic carbocycles. The van der Waals surface area contributed by atoms with Gasteiger partial charge in [-0.3, -0.25) is 4.79 Å². The Morgan fingerprint density at radius 3 is 2.85 bits per heavy atom. The molecule has 0 radical (unpaired) electrons. The van der Waals surface area contributed by atoms with Crippen molar-refractivity contribution in [1.29, 1.82) is 0 Å². The maximum Gasteiger partial charge on any atom is 0.220 e. The van der Waals surface area contributed by atoms with Crippen molar-refractivity contribution in [3.8, 4) is 12.3 Å². The fraction of sp³-hybridized carbons (Fsp3) is 0.812. The summed E-state index contributed by atoms with van der Waals surface area (Å²) < 4.78 is 5.65. The number of nitrogens with one attached hydrogen (secondary N) is 1. The molecule has 1 aliphatic carbocycles. The van der Waals surface area contributed by atoms with Crippen LogP contribution in [0.5, 0.6) is 0 Å². The molecule has 2 heterocycles. The van der Waals surface area contributed by atoms with Gasteiger partial charge in [0.2, 0.25) is 5.91 Å².